The van der Waals surface area contributed by atoms with Crippen molar-refractivity contribution in [2.75, 3.05) is 5.88 Å². The summed E-state index contributed by atoms with van der Waals surface area (Å²) < 4.78 is 1.72. The Hall–Kier alpha value is -2.38. The van der Waals surface area contributed by atoms with Gasteiger partial charge in [0.05, 0.1) is 24.4 Å². The van der Waals surface area contributed by atoms with Gasteiger partial charge < -0.3 is 0 Å². The normalized spacial score (nSPS) is 10.6. The largest absolute Gasteiger partial charge is 0.289 e. The van der Waals surface area contributed by atoms with E-state index >= 15 is 0 Å². The number of rotatable bonds is 5. The lowest BCUT2D eigenvalue weighted by atomic mass is 10.1. The van der Waals surface area contributed by atoms with Gasteiger partial charge in [0.15, 0.2) is 5.78 Å². The van der Waals surface area contributed by atoms with Crippen LogP contribution in [0.5, 0.6) is 0 Å². The van der Waals surface area contributed by atoms with Crippen molar-refractivity contribution in [1.29, 1.82) is 5.26 Å². The van der Waals surface area contributed by atoms with Gasteiger partial charge in [-0.2, -0.15) is 10.4 Å². The van der Waals surface area contributed by atoms with Crippen LogP contribution in [-0.2, 0) is 6.54 Å². The van der Waals surface area contributed by atoms with Crippen LogP contribution in [0.2, 0.25) is 0 Å². The minimum absolute atomic E-state index is 0.146. The van der Waals surface area contributed by atoms with E-state index in [0.29, 0.717) is 23.6 Å². The van der Waals surface area contributed by atoms with Crippen LogP contribution in [0.25, 0.3) is 6.08 Å². The van der Waals surface area contributed by atoms with E-state index in [0.717, 1.165) is 5.56 Å². The van der Waals surface area contributed by atoms with Crippen LogP contribution in [0.3, 0.4) is 0 Å². The summed E-state index contributed by atoms with van der Waals surface area (Å²) in [5.41, 5.74) is 1.80. The van der Waals surface area contributed by atoms with E-state index in [1.807, 2.05) is 12.3 Å². The summed E-state index contributed by atoms with van der Waals surface area (Å²) in [5.74, 6) is 0.345. The first-order chi connectivity index (χ1) is 9.72. The molecular weight excluding hydrogens is 274 g/mol. The van der Waals surface area contributed by atoms with Crippen molar-refractivity contribution in [2.24, 2.45) is 0 Å². The topological polar surface area (TPSA) is 58.7 Å². The molecule has 20 heavy (non-hydrogen) atoms. The van der Waals surface area contributed by atoms with Gasteiger partial charge >= 0.3 is 0 Å². The van der Waals surface area contributed by atoms with Crippen LogP contribution < -0.4 is 0 Å². The number of allylic oxidation sites excluding steroid dienone is 1. The zero-order valence-corrected chi connectivity index (χ0v) is 11.4. The van der Waals surface area contributed by atoms with Gasteiger partial charge in [0.25, 0.3) is 0 Å². The Labute approximate surface area is 121 Å². The maximum atomic E-state index is 12.0. The number of halogens is 1. The number of carbonyl (C=O) groups is 1. The van der Waals surface area contributed by atoms with Gasteiger partial charge in [-0.3, -0.25) is 9.48 Å². The monoisotopic (exact) mass is 285 g/mol. The second-order valence-corrected chi connectivity index (χ2v) is 4.49. The summed E-state index contributed by atoms with van der Waals surface area (Å²) in [5, 5.41) is 12.9. The number of aryl methyl sites for hydroxylation is 1. The van der Waals surface area contributed by atoms with Crippen molar-refractivity contribution in [3.05, 3.63) is 59.4 Å². The predicted molar refractivity (Wildman–Crippen MR) is 77.5 cm³/mol. The van der Waals surface area contributed by atoms with Crippen LogP contribution in [0.1, 0.15) is 21.5 Å². The highest BCUT2D eigenvalue weighted by Crippen LogP contribution is 2.08. The molecule has 0 atom stereocenters. The van der Waals surface area contributed by atoms with Gasteiger partial charge in [-0.05, 0) is 24.3 Å². The summed E-state index contributed by atoms with van der Waals surface area (Å²) in [6.45, 7) is 0.632. The highest BCUT2D eigenvalue weighted by molar-refractivity contribution is 6.17. The summed E-state index contributed by atoms with van der Waals surface area (Å²) in [6, 6.07) is 8.63. The molecule has 0 saturated heterocycles. The first-order valence-electron chi connectivity index (χ1n) is 6.04. The van der Waals surface area contributed by atoms with Crippen molar-refractivity contribution < 1.29 is 4.79 Å². The average Bonchev–Trinajstić information content (AvgIpc) is 2.93. The first-order valence-corrected chi connectivity index (χ1v) is 6.57. The molecule has 0 unspecified atom stereocenters. The average molecular weight is 286 g/mol. The quantitative estimate of drug-likeness (QED) is 0.482. The molecule has 1 aromatic heterocycles. The highest BCUT2D eigenvalue weighted by Gasteiger charge is 2.03. The minimum Gasteiger partial charge on any atom is -0.289 e. The van der Waals surface area contributed by atoms with Crippen LogP contribution >= 0.6 is 11.6 Å². The molecular formula is C15H12ClN3O. The molecule has 0 N–H and O–H groups in total. The Bertz CT molecular complexity index is 682. The van der Waals surface area contributed by atoms with E-state index in [1.165, 1.54) is 6.08 Å². The van der Waals surface area contributed by atoms with E-state index in [9.17, 15) is 4.79 Å². The molecule has 100 valence electrons. The van der Waals surface area contributed by atoms with Crippen LogP contribution in [0.4, 0.5) is 0 Å². The number of benzene rings is 1. The molecule has 0 fully saturated rings. The summed E-state index contributed by atoms with van der Waals surface area (Å²) in [6.07, 6.45) is 6.65. The number of nitrogens with zero attached hydrogens (tertiary/aromatic N) is 3. The second kappa shape index (κ2) is 6.69. The number of ketones is 1. The van der Waals surface area contributed by atoms with Crippen LogP contribution in [-0.4, -0.2) is 21.4 Å². The molecule has 1 aromatic carbocycles. The maximum Gasteiger partial charge on any atom is 0.185 e. The smallest absolute Gasteiger partial charge is 0.185 e. The second-order valence-electron chi connectivity index (χ2n) is 4.12. The number of carbonyl (C=O) groups excluding carboxylic acids is 1. The fraction of sp³-hybridized carbons (Fsp3) is 0.133. The van der Waals surface area contributed by atoms with E-state index in [2.05, 4.69) is 5.10 Å². The third kappa shape index (κ3) is 3.56. The minimum atomic E-state index is -0.146. The summed E-state index contributed by atoms with van der Waals surface area (Å²) in [7, 11) is 0. The Kier molecular flexibility index (Phi) is 4.70. The van der Waals surface area contributed by atoms with Crippen molar-refractivity contribution >= 4 is 23.5 Å². The highest BCUT2D eigenvalue weighted by atomic mass is 35.5. The van der Waals surface area contributed by atoms with Gasteiger partial charge in [-0.1, -0.05) is 12.1 Å². The van der Waals surface area contributed by atoms with E-state index in [-0.39, 0.29) is 5.78 Å². The van der Waals surface area contributed by atoms with Crippen molar-refractivity contribution in [2.45, 2.75) is 6.54 Å². The Balaban J connectivity index is 2.09. The number of hydrogen-bond acceptors (Lipinski definition) is 3. The molecule has 1 heterocycles. The fourth-order valence-corrected chi connectivity index (χ4v) is 1.86. The molecule has 2 aromatic rings. The van der Waals surface area contributed by atoms with Gasteiger partial charge in [0, 0.05) is 23.2 Å². The molecule has 0 bridgehead atoms. The third-order valence-electron chi connectivity index (χ3n) is 2.67. The number of alkyl halides is 1. The Morgan fingerprint density at radius 2 is 2.35 bits per heavy atom. The summed E-state index contributed by atoms with van der Waals surface area (Å²) in [4.78, 5) is 12.0. The molecule has 0 aliphatic carbocycles. The molecule has 0 spiro atoms. The van der Waals surface area contributed by atoms with E-state index in [4.69, 9.17) is 16.9 Å². The molecule has 2 rings (SSSR count). The van der Waals surface area contributed by atoms with E-state index in [1.54, 1.807) is 41.2 Å². The number of hydrogen-bond donors (Lipinski definition) is 0. The van der Waals surface area contributed by atoms with Gasteiger partial charge in [-0.25, -0.2) is 0 Å². The molecule has 0 aliphatic rings. The van der Waals surface area contributed by atoms with E-state index < -0.39 is 0 Å². The number of nitriles is 1. The van der Waals surface area contributed by atoms with Crippen molar-refractivity contribution in [3.8, 4) is 6.07 Å². The lowest BCUT2D eigenvalue weighted by Gasteiger charge is -1.95. The van der Waals surface area contributed by atoms with Gasteiger partial charge in [-0.15, -0.1) is 11.6 Å². The molecule has 0 amide bonds. The Morgan fingerprint density at radius 3 is 3.10 bits per heavy atom. The molecule has 0 radical (unpaired) electrons. The van der Waals surface area contributed by atoms with Crippen LogP contribution in [0, 0.1) is 11.3 Å². The molecule has 0 saturated carbocycles. The standard InChI is InChI=1S/C15H12ClN3O/c16-6-7-19-11-13(10-18-19)4-5-15(20)14-3-1-2-12(8-14)9-17/h1-5,8,10-11H,6-7H2/b5-4-. The molecule has 4 nitrogen and oxygen atoms in total. The SMILES string of the molecule is N#Cc1cccc(C(=O)/C=C\c2cnn(CCCl)c2)c1. The maximum absolute atomic E-state index is 12.0. The predicted octanol–water partition coefficient (Wildman–Crippen LogP) is 2.89. The van der Waals surface area contributed by atoms with Gasteiger partial charge in [0.1, 0.15) is 0 Å². The van der Waals surface area contributed by atoms with Crippen molar-refractivity contribution in [3.63, 3.8) is 0 Å². The first kappa shape index (κ1) is 14.0. The van der Waals surface area contributed by atoms with Crippen molar-refractivity contribution in [1.82, 2.24) is 9.78 Å². The molecule has 0 aliphatic heterocycles. The third-order valence-corrected chi connectivity index (χ3v) is 2.84. The zero-order valence-electron chi connectivity index (χ0n) is 10.7. The fourth-order valence-electron chi connectivity index (χ4n) is 1.68. The van der Waals surface area contributed by atoms with Crippen LogP contribution in [0.15, 0.2) is 42.7 Å². The Morgan fingerprint density at radius 1 is 1.50 bits per heavy atom. The lowest BCUT2D eigenvalue weighted by Crippen LogP contribution is -1.98. The summed E-state index contributed by atoms with van der Waals surface area (Å²) >= 11 is 5.62. The lowest BCUT2D eigenvalue weighted by molar-refractivity contribution is 0.104. The molecule has 5 heteroatoms. The van der Waals surface area contributed by atoms with Gasteiger partial charge in [0.2, 0.25) is 0 Å². The number of aromatic nitrogens is 2. The zero-order chi connectivity index (χ0) is 14.4.